The molecule has 0 spiro atoms. The molecule has 0 aliphatic heterocycles. The third kappa shape index (κ3) is 5.69. The van der Waals surface area contributed by atoms with E-state index in [0.717, 1.165) is 58.7 Å². The van der Waals surface area contributed by atoms with Gasteiger partial charge in [-0.05, 0) is 48.7 Å². The van der Waals surface area contributed by atoms with Crippen molar-refractivity contribution in [1.29, 1.82) is 0 Å². The molecule has 33 heavy (non-hydrogen) atoms. The fourth-order valence-electron chi connectivity index (χ4n) is 3.53. The second-order valence-corrected chi connectivity index (χ2v) is 7.50. The molecule has 0 aliphatic rings. The number of aryl methyl sites for hydroxylation is 2. The van der Waals surface area contributed by atoms with E-state index in [1.807, 2.05) is 42.5 Å². The molecule has 0 amide bonds. The number of nitrogens with zero attached hydrogens (tertiary/aromatic N) is 3. The predicted molar refractivity (Wildman–Crippen MR) is 129 cm³/mol. The number of rotatable bonds is 11. The molecule has 0 radical (unpaired) electrons. The van der Waals surface area contributed by atoms with E-state index >= 15 is 0 Å². The first-order valence-electron chi connectivity index (χ1n) is 10.7. The van der Waals surface area contributed by atoms with Crippen LogP contribution in [0.5, 0.6) is 11.5 Å². The number of H-pyrrole nitrogens is 1. The van der Waals surface area contributed by atoms with Crippen LogP contribution in [-0.4, -0.2) is 54.6 Å². The second kappa shape index (κ2) is 10.6. The van der Waals surface area contributed by atoms with Crippen LogP contribution in [0.3, 0.4) is 0 Å². The Morgan fingerprint density at radius 3 is 2.48 bits per heavy atom. The molecule has 9 heteroatoms. The van der Waals surface area contributed by atoms with Crippen molar-refractivity contribution in [3.8, 4) is 11.5 Å². The highest BCUT2D eigenvalue weighted by Crippen LogP contribution is 2.26. The summed E-state index contributed by atoms with van der Waals surface area (Å²) in [7, 11) is 4.99. The Morgan fingerprint density at radius 1 is 0.909 bits per heavy atom. The van der Waals surface area contributed by atoms with Crippen LogP contribution in [-0.2, 0) is 17.6 Å². The summed E-state index contributed by atoms with van der Waals surface area (Å²) in [5.74, 6) is 2.97. The van der Waals surface area contributed by atoms with Crippen molar-refractivity contribution < 1.29 is 14.2 Å². The lowest BCUT2D eigenvalue weighted by atomic mass is 10.1. The lowest BCUT2D eigenvalue weighted by molar-refractivity contribution is 0.211. The lowest BCUT2D eigenvalue weighted by Crippen LogP contribution is -2.07. The summed E-state index contributed by atoms with van der Waals surface area (Å²) < 4.78 is 15.8. The van der Waals surface area contributed by atoms with E-state index in [1.165, 1.54) is 0 Å². The van der Waals surface area contributed by atoms with Crippen molar-refractivity contribution in [3.05, 3.63) is 60.0 Å². The molecule has 3 N–H and O–H groups in total. The zero-order valence-corrected chi connectivity index (χ0v) is 19.0. The standard InChI is InChI=1S/C24H28N6O3/c1-31-9-8-25-17-6-7-21-22(12-17)26-15-27-24(21)28-23-13-18(29-30-23)5-4-16-10-19(32-2)14-20(11-16)33-3/h6-7,10-15,25H,4-5,8-9H2,1-3H3,(H2,26,27,28,29,30). The molecular weight excluding hydrogens is 420 g/mol. The average molecular weight is 449 g/mol. The molecule has 2 heterocycles. The molecule has 0 aliphatic carbocycles. The number of aromatic amines is 1. The highest BCUT2D eigenvalue weighted by atomic mass is 16.5. The van der Waals surface area contributed by atoms with Crippen LogP contribution in [0.4, 0.5) is 17.3 Å². The summed E-state index contributed by atoms with van der Waals surface area (Å²) in [6, 6.07) is 13.9. The molecule has 2 aromatic heterocycles. The maximum atomic E-state index is 5.36. The normalized spacial score (nSPS) is 10.9. The maximum absolute atomic E-state index is 5.36. The Bertz CT molecular complexity index is 1190. The number of fused-ring (bicyclic) bond motifs is 1. The SMILES string of the molecule is COCCNc1ccc2c(Nc3cc(CCc4cc(OC)cc(OC)c4)[nH]n3)ncnc2c1. The maximum Gasteiger partial charge on any atom is 0.153 e. The number of benzene rings is 2. The van der Waals surface area contributed by atoms with Gasteiger partial charge in [0.05, 0.1) is 26.3 Å². The summed E-state index contributed by atoms with van der Waals surface area (Å²) in [5.41, 5.74) is 3.98. The summed E-state index contributed by atoms with van der Waals surface area (Å²) in [6.45, 7) is 1.37. The topological polar surface area (TPSA) is 106 Å². The molecule has 0 saturated heterocycles. The summed E-state index contributed by atoms with van der Waals surface area (Å²) in [4.78, 5) is 8.80. The molecule has 0 fully saturated rings. The van der Waals surface area contributed by atoms with Gasteiger partial charge in [-0.2, -0.15) is 5.10 Å². The van der Waals surface area contributed by atoms with Gasteiger partial charge in [0, 0.05) is 42.6 Å². The van der Waals surface area contributed by atoms with E-state index in [-0.39, 0.29) is 0 Å². The van der Waals surface area contributed by atoms with Crippen LogP contribution in [0.15, 0.2) is 48.8 Å². The predicted octanol–water partition coefficient (Wildman–Crippen LogP) is 3.96. The van der Waals surface area contributed by atoms with Crippen LogP contribution in [0.25, 0.3) is 10.9 Å². The Morgan fingerprint density at radius 2 is 1.73 bits per heavy atom. The fraction of sp³-hybridized carbons (Fsp3) is 0.292. The Balaban J connectivity index is 1.43. The molecule has 4 aromatic rings. The van der Waals surface area contributed by atoms with Gasteiger partial charge in [0.1, 0.15) is 23.6 Å². The molecule has 0 bridgehead atoms. The third-order valence-electron chi connectivity index (χ3n) is 5.24. The van der Waals surface area contributed by atoms with E-state index in [1.54, 1.807) is 27.7 Å². The molecule has 0 unspecified atom stereocenters. The van der Waals surface area contributed by atoms with Crippen molar-refractivity contribution in [2.24, 2.45) is 0 Å². The summed E-state index contributed by atoms with van der Waals surface area (Å²) in [5, 5.41) is 15.0. The monoisotopic (exact) mass is 448 g/mol. The van der Waals surface area contributed by atoms with Crippen LogP contribution >= 0.6 is 0 Å². The lowest BCUT2D eigenvalue weighted by Gasteiger charge is -2.09. The number of anilines is 3. The van der Waals surface area contributed by atoms with E-state index in [4.69, 9.17) is 14.2 Å². The average Bonchev–Trinajstić information content (AvgIpc) is 3.30. The van der Waals surface area contributed by atoms with Crippen molar-refractivity contribution in [3.63, 3.8) is 0 Å². The van der Waals surface area contributed by atoms with E-state index < -0.39 is 0 Å². The zero-order valence-electron chi connectivity index (χ0n) is 19.0. The first-order chi connectivity index (χ1) is 16.2. The van der Waals surface area contributed by atoms with Gasteiger partial charge in [0.15, 0.2) is 5.82 Å². The van der Waals surface area contributed by atoms with Gasteiger partial charge in [-0.3, -0.25) is 5.10 Å². The van der Waals surface area contributed by atoms with Crippen LogP contribution < -0.4 is 20.1 Å². The first-order valence-corrected chi connectivity index (χ1v) is 10.7. The van der Waals surface area contributed by atoms with Gasteiger partial charge in [-0.1, -0.05) is 0 Å². The van der Waals surface area contributed by atoms with Gasteiger partial charge in [0.2, 0.25) is 0 Å². The Hall–Kier alpha value is -3.85. The van der Waals surface area contributed by atoms with Crippen LogP contribution in [0, 0.1) is 0 Å². The number of aromatic nitrogens is 4. The number of methoxy groups -OCH3 is 3. The molecule has 172 valence electrons. The van der Waals surface area contributed by atoms with Crippen LogP contribution in [0.2, 0.25) is 0 Å². The van der Waals surface area contributed by atoms with Gasteiger partial charge < -0.3 is 24.8 Å². The molecule has 0 atom stereocenters. The van der Waals surface area contributed by atoms with Gasteiger partial charge in [0.25, 0.3) is 0 Å². The first kappa shape index (κ1) is 22.3. The minimum atomic E-state index is 0.640. The molecule has 2 aromatic carbocycles. The third-order valence-corrected chi connectivity index (χ3v) is 5.24. The summed E-state index contributed by atoms with van der Waals surface area (Å²) in [6.07, 6.45) is 3.17. The zero-order chi connectivity index (χ0) is 23.0. The van der Waals surface area contributed by atoms with Gasteiger partial charge >= 0.3 is 0 Å². The molecule has 0 saturated carbocycles. The van der Waals surface area contributed by atoms with Gasteiger partial charge in [-0.25, -0.2) is 9.97 Å². The summed E-state index contributed by atoms with van der Waals surface area (Å²) >= 11 is 0. The Kier molecular flexibility index (Phi) is 7.21. The molecule has 4 rings (SSSR count). The highest BCUT2D eigenvalue weighted by molar-refractivity contribution is 5.92. The van der Waals surface area contributed by atoms with Crippen molar-refractivity contribution in [2.45, 2.75) is 12.8 Å². The Labute approximate surface area is 192 Å². The number of hydrogen-bond donors (Lipinski definition) is 3. The van der Waals surface area contributed by atoms with Crippen LogP contribution in [0.1, 0.15) is 11.3 Å². The smallest absolute Gasteiger partial charge is 0.153 e. The van der Waals surface area contributed by atoms with Crippen molar-refractivity contribution >= 4 is 28.2 Å². The largest absolute Gasteiger partial charge is 0.497 e. The fourth-order valence-corrected chi connectivity index (χ4v) is 3.53. The van der Waals surface area contributed by atoms with E-state index in [9.17, 15) is 0 Å². The number of ether oxygens (including phenoxy) is 3. The van der Waals surface area contributed by atoms with Crippen molar-refractivity contribution in [1.82, 2.24) is 20.2 Å². The minimum Gasteiger partial charge on any atom is -0.497 e. The van der Waals surface area contributed by atoms with Gasteiger partial charge in [-0.15, -0.1) is 0 Å². The van der Waals surface area contributed by atoms with E-state index in [2.05, 4.69) is 30.8 Å². The van der Waals surface area contributed by atoms with E-state index in [0.29, 0.717) is 18.2 Å². The highest BCUT2D eigenvalue weighted by Gasteiger charge is 2.09. The minimum absolute atomic E-state index is 0.640. The number of hydrogen-bond acceptors (Lipinski definition) is 8. The molecule has 9 nitrogen and oxygen atoms in total. The van der Waals surface area contributed by atoms with Crippen molar-refractivity contribution in [2.75, 3.05) is 45.1 Å². The quantitative estimate of drug-likeness (QED) is 0.296. The number of nitrogens with one attached hydrogen (secondary N) is 3. The second-order valence-electron chi connectivity index (χ2n) is 7.50. The molecular formula is C24H28N6O3.